The van der Waals surface area contributed by atoms with Crippen LogP contribution >= 0.6 is 22.7 Å². The number of rotatable bonds is 5. The number of sulfonamides is 1. The fourth-order valence-corrected chi connectivity index (χ4v) is 3.85. The zero-order valence-electron chi connectivity index (χ0n) is 8.66. The summed E-state index contributed by atoms with van der Waals surface area (Å²) >= 11 is 2.63. The van der Waals surface area contributed by atoms with Gasteiger partial charge < -0.3 is 5.11 Å². The topological polar surface area (TPSA) is 79.3 Å². The Hall–Kier alpha value is -0.800. The Morgan fingerprint density at radius 2 is 2.24 bits per heavy atom. The van der Waals surface area contributed by atoms with E-state index in [0.29, 0.717) is 10.6 Å². The molecule has 0 radical (unpaired) electrons. The molecule has 0 fully saturated rings. The van der Waals surface area contributed by atoms with Gasteiger partial charge >= 0.3 is 0 Å². The predicted octanol–water partition coefficient (Wildman–Crippen LogP) is 1.18. The third kappa shape index (κ3) is 3.11. The van der Waals surface area contributed by atoms with Crippen LogP contribution in [-0.2, 0) is 23.2 Å². The predicted molar refractivity (Wildman–Crippen MR) is 66.4 cm³/mol. The molecule has 2 aromatic heterocycles. The molecule has 0 amide bonds. The summed E-state index contributed by atoms with van der Waals surface area (Å²) in [6.45, 7) is 0.0302. The van der Waals surface area contributed by atoms with E-state index in [1.54, 1.807) is 10.9 Å². The van der Waals surface area contributed by atoms with Crippen molar-refractivity contribution in [3.05, 3.63) is 32.9 Å². The van der Waals surface area contributed by atoms with E-state index in [4.69, 9.17) is 5.11 Å². The third-order valence-corrected chi connectivity index (χ3v) is 5.11. The lowest BCUT2D eigenvalue weighted by Crippen LogP contribution is -2.22. The molecule has 92 valence electrons. The average Bonchev–Trinajstić information content (AvgIpc) is 2.98. The highest BCUT2D eigenvalue weighted by Crippen LogP contribution is 2.19. The van der Waals surface area contributed by atoms with E-state index in [0.717, 1.165) is 0 Å². The van der Waals surface area contributed by atoms with E-state index >= 15 is 0 Å². The number of nitrogens with one attached hydrogen (secondary N) is 1. The van der Waals surface area contributed by atoms with Crippen molar-refractivity contribution < 1.29 is 13.5 Å². The van der Waals surface area contributed by atoms with E-state index in [1.807, 2.05) is 0 Å². The zero-order valence-corrected chi connectivity index (χ0v) is 11.1. The Kier molecular flexibility index (Phi) is 3.89. The van der Waals surface area contributed by atoms with Crippen molar-refractivity contribution in [3.8, 4) is 0 Å². The van der Waals surface area contributed by atoms with E-state index < -0.39 is 10.0 Å². The van der Waals surface area contributed by atoms with Gasteiger partial charge in [-0.1, -0.05) is 0 Å². The number of hydrogen-bond donors (Lipinski definition) is 2. The Balaban J connectivity index is 2.08. The molecule has 0 aliphatic carbocycles. The molecule has 0 bridgehead atoms. The Morgan fingerprint density at radius 1 is 1.41 bits per heavy atom. The SMILES string of the molecule is O=S(=O)(NCc1cscn1)c1csc(CO)c1. The van der Waals surface area contributed by atoms with Gasteiger partial charge in [0.05, 0.1) is 29.3 Å². The van der Waals surface area contributed by atoms with E-state index in [-0.39, 0.29) is 18.0 Å². The zero-order chi connectivity index (χ0) is 12.3. The lowest BCUT2D eigenvalue weighted by molar-refractivity contribution is 0.285. The molecule has 0 atom stereocenters. The second kappa shape index (κ2) is 5.23. The second-order valence-electron chi connectivity index (χ2n) is 3.21. The number of thiophene rings is 1. The molecule has 0 aliphatic rings. The summed E-state index contributed by atoms with van der Waals surface area (Å²) in [6.07, 6.45) is 0. The van der Waals surface area contributed by atoms with Gasteiger partial charge in [0.2, 0.25) is 10.0 Å². The van der Waals surface area contributed by atoms with Gasteiger partial charge in [0.1, 0.15) is 0 Å². The van der Waals surface area contributed by atoms with Gasteiger partial charge in [0.15, 0.2) is 0 Å². The Bertz CT molecular complexity index is 574. The molecule has 0 saturated heterocycles. The number of nitrogens with zero attached hydrogens (tertiary/aromatic N) is 1. The maximum absolute atomic E-state index is 11.8. The molecular weight excluding hydrogens is 280 g/mol. The van der Waals surface area contributed by atoms with Crippen molar-refractivity contribution in [3.63, 3.8) is 0 Å². The summed E-state index contributed by atoms with van der Waals surface area (Å²) in [5, 5.41) is 12.2. The lowest BCUT2D eigenvalue weighted by Gasteiger charge is -2.02. The molecule has 17 heavy (non-hydrogen) atoms. The number of aliphatic hydroxyl groups excluding tert-OH is 1. The minimum Gasteiger partial charge on any atom is -0.391 e. The second-order valence-corrected chi connectivity index (χ2v) is 6.69. The number of hydrogen-bond acceptors (Lipinski definition) is 6. The average molecular weight is 290 g/mol. The normalized spacial score (nSPS) is 11.8. The first-order valence-electron chi connectivity index (χ1n) is 4.67. The van der Waals surface area contributed by atoms with Crippen LogP contribution in [0, 0.1) is 0 Å². The molecule has 8 heteroatoms. The molecule has 0 aliphatic heterocycles. The van der Waals surface area contributed by atoms with Gasteiger partial charge in [-0.3, -0.25) is 0 Å². The quantitative estimate of drug-likeness (QED) is 0.866. The fourth-order valence-electron chi connectivity index (χ4n) is 1.16. The number of aromatic nitrogens is 1. The van der Waals surface area contributed by atoms with Gasteiger partial charge in [-0.2, -0.15) is 0 Å². The third-order valence-electron chi connectivity index (χ3n) is 2.02. The highest BCUT2D eigenvalue weighted by molar-refractivity contribution is 7.89. The Labute approximate surface area is 107 Å². The molecule has 2 aromatic rings. The minimum atomic E-state index is -3.51. The van der Waals surface area contributed by atoms with E-state index in [2.05, 4.69) is 9.71 Å². The van der Waals surface area contributed by atoms with Crippen molar-refractivity contribution >= 4 is 32.7 Å². The van der Waals surface area contributed by atoms with Gasteiger partial charge in [0.25, 0.3) is 0 Å². The molecule has 2 heterocycles. The van der Waals surface area contributed by atoms with Crippen molar-refractivity contribution in [2.75, 3.05) is 0 Å². The minimum absolute atomic E-state index is 0.147. The summed E-state index contributed by atoms with van der Waals surface area (Å²) in [7, 11) is -3.51. The maximum Gasteiger partial charge on any atom is 0.241 e. The first kappa shape index (κ1) is 12.7. The number of aliphatic hydroxyl groups is 1. The van der Waals surface area contributed by atoms with E-state index in [9.17, 15) is 8.42 Å². The van der Waals surface area contributed by atoms with E-state index in [1.165, 1.54) is 34.1 Å². The summed E-state index contributed by atoms with van der Waals surface area (Å²) in [6, 6.07) is 1.47. The van der Waals surface area contributed by atoms with Crippen molar-refractivity contribution in [2.24, 2.45) is 0 Å². The van der Waals surface area contributed by atoms with Gasteiger partial charge in [-0.25, -0.2) is 18.1 Å². The first-order chi connectivity index (χ1) is 8.12. The smallest absolute Gasteiger partial charge is 0.241 e. The summed E-state index contributed by atoms with van der Waals surface area (Å²) in [5.41, 5.74) is 2.34. The van der Waals surface area contributed by atoms with Crippen LogP contribution in [0.4, 0.5) is 0 Å². The highest BCUT2D eigenvalue weighted by atomic mass is 32.2. The molecule has 2 N–H and O–H groups in total. The molecule has 2 rings (SSSR count). The van der Waals surface area contributed by atoms with Crippen LogP contribution in [0.3, 0.4) is 0 Å². The van der Waals surface area contributed by atoms with Crippen LogP contribution in [0.15, 0.2) is 27.2 Å². The number of thiazole rings is 1. The van der Waals surface area contributed by atoms with Crippen LogP contribution in [0.1, 0.15) is 10.6 Å². The highest BCUT2D eigenvalue weighted by Gasteiger charge is 2.15. The molecule has 5 nitrogen and oxygen atoms in total. The first-order valence-corrected chi connectivity index (χ1v) is 7.97. The molecule has 0 saturated carbocycles. The van der Waals surface area contributed by atoms with Crippen LogP contribution in [-0.4, -0.2) is 18.5 Å². The monoisotopic (exact) mass is 290 g/mol. The van der Waals surface area contributed by atoms with Crippen molar-refractivity contribution in [2.45, 2.75) is 18.0 Å². The largest absolute Gasteiger partial charge is 0.391 e. The molecule has 0 unspecified atom stereocenters. The lowest BCUT2D eigenvalue weighted by atomic mass is 10.5. The van der Waals surface area contributed by atoms with Crippen LogP contribution < -0.4 is 4.72 Å². The van der Waals surface area contributed by atoms with Crippen molar-refractivity contribution in [1.29, 1.82) is 0 Å². The summed E-state index contributed by atoms with van der Waals surface area (Å²) < 4.78 is 26.1. The molecule has 0 aromatic carbocycles. The van der Waals surface area contributed by atoms with Crippen LogP contribution in [0.25, 0.3) is 0 Å². The van der Waals surface area contributed by atoms with Crippen molar-refractivity contribution in [1.82, 2.24) is 9.71 Å². The maximum atomic E-state index is 11.8. The Morgan fingerprint density at radius 3 is 2.82 bits per heavy atom. The van der Waals surface area contributed by atoms with Crippen LogP contribution in [0.2, 0.25) is 0 Å². The summed E-state index contributed by atoms with van der Waals surface area (Å²) in [5.74, 6) is 0. The van der Waals surface area contributed by atoms with Crippen LogP contribution in [0.5, 0.6) is 0 Å². The molecular formula is C9H10N2O3S3. The van der Waals surface area contributed by atoms with Gasteiger partial charge in [0, 0.05) is 15.6 Å². The fraction of sp³-hybridized carbons (Fsp3) is 0.222. The van der Waals surface area contributed by atoms with Gasteiger partial charge in [-0.15, -0.1) is 22.7 Å². The molecule has 0 spiro atoms. The standard InChI is InChI=1S/C9H10N2O3S3/c12-3-8-1-9(5-16-8)17(13,14)11-2-7-4-15-6-10-7/h1,4-6,11-12H,2-3H2. The summed E-state index contributed by atoms with van der Waals surface area (Å²) in [4.78, 5) is 4.79. The van der Waals surface area contributed by atoms with Gasteiger partial charge in [-0.05, 0) is 6.07 Å².